The molecule has 0 radical (unpaired) electrons. The van der Waals surface area contributed by atoms with Gasteiger partial charge in [0.15, 0.2) is 0 Å². The van der Waals surface area contributed by atoms with Crippen molar-refractivity contribution in [3.63, 3.8) is 0 Å². The highest BCUT2D eigenvalue weighted by Gasteiger charge is 2.01. The molecule has 1 atom stereocenters. The smallest absolute Gasteiger partial charge is 0.0701 e. The molecule has 0 fully saturated rings. The van der Waals surface area contributed by atoms with E-state index in [1.54, 1.807) is 0 Å². The second kappa shape index (κ2) is 17.9. The second-order valence-electron chi connectivity index (χ2n) is 5.21. The van der Waals surface area contributed by atoms with Gasteiger partial charge in [0.25, 0.3) is 0 Å². The minimum absolute atomic E-state index is 0.0560. The molecule has 0 aliphatic rings. The van der Waals surface area contributed by atoms with E-state index in [-0.39, 0.29) is 6.61 Å². The first-order valence-electron chi connectivity index (χ1n) is 8.23. The zero-order valence-corrected chi connectivity index (χ0v) is 13.8. The molecule has 5 nitrogen and oxygen atoms in total. The van der Waals surface area contributed by atoms with Crippen molar-refractivity contribution in [2.45, 2.75) is 39.5 Å². The van der Waals surface area contributed by atoms with Gasteiger partial charge in [-0.2, -0.15) is 0 Å². The molecule has 0 bridgehead atoms. The number of rotatable bonds is 17. The summed E-state index contributed by atoms with van der Waals surface area (Å²) in [6.45, 7) is 9.24. The van der Waals surface area contributed by atoms with Crippen LogP contribution < -0.4 is 0 Å². The third-order valence-corrected chi connectivity index (χ3v) is 3.16. The van der Waals surface area contributed by atoms with Crippen LogP contribution in [0.4, 0.5) is 0 Å². The SMILES string of the molecule is CCCCC(C)CCOCCOCCOCCOCCO. The van der Waals surface area contributed by atoms with E-state index < -0.39 is 0 Å². The Morgan fingerprint density at radius 3 is 1.67 bits per heavy atom. The quantitative estimate of drug-likeness (QED) is 0.418. The lowest BCUT2D eigenvalue weighted by atomic mass is 10.0. The van der Waals surface area contributed by atoms with E-state index in [9.17, 15) is 0 Å². The lowest BCUT2D eigenvalue weighted by Crippen LogP contribution is -2.13. The summed E-state index contributed by atoms with van der Waals surface area (Å²) in [7, 11) is 0. The van der Waals surface area contributed by atoms with Crippen molar-refractivity contribution in [3.05, 3.63) is 0 Å². The molecule has 0 aliphatic heterocycles. The fourth-order valence-corrected chi connectivity index (χ4v) is 1.81. The number of aliphatic hydroxyl groups excluding tert-OH is 1. The summed E-state index contributed by atoms with van der Waals surface area (Å²) in [5, 5.41) is 8.50. The van der Waals surface area contributed by atoms with Crippen LogP contribution in [0.15, 0.2) is 0 Å². The fourth-order valence-electron chi connectivity index (χ4n) is 1.81. The van der Waals surface area contributed by atoms with Crippen molar-refractivity contribution in [3.8, 4) is 0 Å². The maximum absolute atomic E-state index is 8.50. The van der Waals surface area contributed by atoms with E-state index in [0.717, 1.165) is 18.9 Å². The van der Waals surface area contributed by atoms with Crippen molar-refractivity contribution >= 4 is 0 Å². The van der Waals surface area contributed by atoms with Crippen molar-refractivity contribution in [2.75, 3.05) is 59.5 Å². The summed E-state index contributed by atoms with van der Waals surface area (Å²) in [4.78, 5) is 0. The van der Waals surface area contributed by atoms with Crippen LogP contribution in [0.2, 0.25) is 0 Å². The summed E-state index contributed by atoms with van der Waals surface area (Å²) in [6.07, 6.45) is 5.02. The summed E-state index contributed by atoms with van der Waals surface area (Å²) in [5.74, 6) is 0.757. The Balaban J connectivity index is 3.02. The minimum atomic E-state index is 0.0560. The minimum Gasteiger partial charge on any atom is -0.394 e. The molecule has 0 aliphatic carbocycles. The van der Waals surface area contributed by atoms with Crippen LogP contribution in [0.1, 0.15) is 39.5 Å². The van der Waals surface area contributed by atoms with Gasteiger partial charge in [0, 0.05) is 6.61 Å². The van der Waals surface area contributed by atoms with Gasteiger partial charge in [0.2, 0.25) is 0 Å². The number of hydrogen-bond acceptors (Lipinski definition) is 5. The van der Waals surface area contributed by atoms with Gasteiger partial charge in [-0.3, -0.25) is 0 Å². The molecule has 5 heteroatoms. The van der Waals surface area contributed by atoms with E-state index >= 15 is 0 Å². The van der Waals surface area contributed by atoms with E-state index in [1.165, 1.54) is 19.3 Å². The van der Waals surface area contributed by atoms with Gasteiger partial charge in [-0.1, -0.05) is 33.1 Å². The molecule has 0 aromatic heterocycles. The van der Waals surface area contributed by atoms with Gasteiger partial charge in [0.05, 0.1) is 52.9 Å². The highest BCUT2D eigenvalue weighted by atomic mass is 16.6. The molecule has 1 N–H and O–H groups in total. The van der Waals surface area contributed by atoms with Crippen LogP contribution in [0.5, 0.6) is 0 Å². The van der Waals surface area contributed by atoms with Gasteiger partial charge >= 0.3 is 0 Å². The number of hydrogen-bond donors (Lipinski definition) is 1. The largest absolute Gasteiger partial charge is 0.394 e. The Labute approximate surface area is 129 Å². The highest BCUT2D eigenvalue weighted by molar-refractivity contribution is 4.52. The van der Waals surface area contributed by atoms with Crippen LogP contribution in [0.3, 0.4) is 0 Å². The Kier molecular flexibility index (Phi) is 17.7. The van der Waals surface area contributed by atoms with Gasteiger partial charge in [-0.15, -0.1) is 0 Å². The van der Waals surface area contributed by atoms with E-state index in [4.69, 9.17) is 24.1 Å². The van der Waals surface area contributed by atoms with E-state index in [1.807, 2.05) is 0 Å². The Morgan fingerprint density at radius 2 is 1.19 bits per heavy atom. The second-order valence-corrected chi connectivity index (χ2v) is 5.21. The van der Waals surface area contributed by atoms with Crippen molar-refractivity contribution in [1.29, 1.82) is 0 Å². The normalized spacial score (nSPS) is 12.7. The molecule has 128 valence electrons. The zero-order valence-electron chi connectivity index (χ0n) is 13.8. The number of ether oxygens (including phenoxy) is 4. The zero-order chi connectivity index (χ0) is 15.6. The molecule has 0 rings (SSSR count). The van der Waals surface area contributed by atoms with Gasteiger partial charge in [-0.25, -0.2) is 0 Å². The predicted molar refractivity (Wildman–Crippen MR) is 83.7 cm³/mol. The van der Waals surface area contributed by atoms with Gasteiger partial charge in [-0.05, 0) is 12.3 Å². The average Bonchev–Trinajstić information content (AvgIpc) is 2.49. The molecule has 0 saturated carbocycles. The lowest BCUT2D eigenvalue weighted by molar-refractivity contribution is -0.00643. The Morgan fingerprint density at radius 1 is 0.714 bits per heavy atom. The standard InChI is InChI=1S/C16H34O5/c1-3-4-5-16(2)6-8-18-10-12-20-14-15-21-13-11-19-9-7-17/h16-17H,3-15H2,1-2H3. The molecule has 21 heavy (non-hydrogen) atoms. The first-order chi connectivity index (χ1) is 10.3. The molecule has 0 saturated heterocycles. The molecule has 0 aromatic carbocycles. The maximum Gasteiger partial charge on any atom is 0.0701 e. The molecule has 1 unspecified atom stereocenters. The Hall–Kier alpha value is -0.200. The van der Waals surface area contributed by atoms with Crippen molar-refractivity contribution in [2.24, 2.45) is 5.92 Å². The molecule has 0 spiro atoms. The van der Waals surface area contributed by atoms with Crippen LogP contribution in [-0.4, -0.2) is 64.6 Å². The highest BCUT2D eigenvalue weighted by Crippen LogP contribution is 2.11. The fraction of sp³-hybridized carbons (Fsp3) is 1.00. The molecule has 0 heterocycles. The van der Waals surface area contributed by atoms with E-state index in [0.29, 0.717) is 46.2 Å². The molecule has 0 amide bonds. The molecular weight excluding hydrogens is 272 g/mol. The topological polar surface area (TPSA) is 57.2 Å². The summed E-state index contributed by atoms with van der Waals surface area (Å²) in [5.41, 5.74) is 0. The third kappa shape index (κ3) is 17.7. The van der Waals surface area contributed by atoms with Crippen LogP contribution in [0, 0.1) is 5.92 Å². The first-order valence-corrected chi connectivity index (χ1v) is 8.23. The summed E-state index contributed by atoms with van der Waals surface area (Å²) >= 11 is 0. The third-order valence-electron chi connectivity index (χ3n) is 3.16. The van der Waals surface area contributed by atoms with Crippen molar-refractivity contribution < 1.29 is 24.1 Å². The van der Waals surface area contributed by atoms with Crippen LogP contribution in [0.25, 0.3) is 0 Å². The lowest BCUT2D eigenvalue weighted by Gasteiger charge is -2.11. The first kappa shape index (κ1) is 20.8. The molecule has 0 aromatic rings. The monoisotopic (exact) mass is 306 g/mol. The van der Waals surface area contributed by atoms with Gasteiger partial charge < -0.3 is 24.1 Å². The van der Waals surface area contributed by atoms with Gasteiger partial charge in [0.1, 0.15) is 0 Å². The number of unbranched alkanes of at least 4 members (excludes halogenated alkanes) is 1. The maximum atomic E-state index is 8.50. The predicted octanol–water partition coefficient (Wildman–Crippen LogP) is 2.26. The Bertz CT molecular complexity index is 190. The number of aliphatic hydroxyl groups is 1. The van der Waals surface area contributed by atoms with Crippen LogP contribution >= 0.6 is 0 Å². The summed E-state index contributed by atoms with van der Waals surface area (Å²) in [6, 6.07) is 0. The summed E-state index contributed by atoms with van der Waals surface area (Å²) < 4.78 is 21.3. The van der Waals surface area contributed by atoms with Crippen molar-refractivity contribution in [1.82, 2.24) is 0 Å². The average molecular weight is 306 g/mol. The van der Waals surface area contributed by atoms with E-state index in [2.05, 4.69) is 13.8 Å². The molecular formula is C16H34O5. The van der Waals surface area contributed by atoms with Crippen LogP contribution in [-0.2, 0) is 18.9 Å².